The summed E-state index contributed by atoms with van der Waals surface area (Å²) in [7, 11) is 0. The summed E-state index contributed by atoms with van der Waals surface area (Å²) in [6.07, 6.45) is 9.40. The molecule has 3 heteroatoms. The van der Waals surface area contributed by atoms with Gasteiger partial charge >= 0.3 is 0 Å². The normalized spacial score (nSPS) is 16.6. The highest BCUT2D eigenvalue weighted by atomic mass is 15.1. The van der Waals surface area contributed by atoms with Crippen molar-refractivity contribution >= 4 is 0 Å². The van der Waals surface area contributed by atoms with Crippen molar-refractivity contribution in [2.75, 3.05) is 6.54 Å². The summed E-state index contributed by atoms with van der Waals surface area (Å²) in [6.45, 7) is 5.37. The van der Waals surface area contributed by atoms with Gasteiger partial charge in [-0.3, -0.25) is 0 Å². The Bertz CT molecular complexity index is 289. The van der Waals surface area contributed by atoms with E-state index in [0.29, 0.717) is 0 Å². The molecule has 1 aliphatic carbocycles. The molecule has 1 heterocycles. The SMILES string of the molecule is CCCn1ccnc1CNCC1CCC1. The average Bonchev–Trinajstić information content (AvgIpc) is 2.58. The second-order valence-electron chi connectivity index (χ2n) is 4.46. The molecule has 1 N–H and O–H groups in total. The van der Waals surface area contributed by atoms with E-state index in [1.807, 2.05) is 6.20 Å². The second kappa shape index (κ2) is 5.31. The maximum atomic E-state index is 4.38. The monoisotopic (exact) mass is 207 g/mol. The highest BCUT2D eigenvalue weighted by Crippen LogP contribution is 2.25. The highest BCUT2D eigenvalue weighted by Gasteiger charge is 2.16. The molecule has 1 aliphatic rings. The van der Waals surface area contributed by atoms with Gasteiger partial charge in [0.25, 0.3) is 0 Å². The number of aryl methyl sites for hydroxylation is 1. The Kier molecular flexibility index (Phi) is 3.78. The fraction of sp³-hybridized carbons (Fsp3) is 0.750. The van der Waals surface area contributed by atoms with Crippen LogP contribution in [0.4, 0.5) is 0 Å². The van der Waals surface area contributed by atoms with Crippen molar-refractivity contribution in [1.82, 2.24) is 14.9 Å². The van der Waals surface area contributed by atoms with Crippen molar-refractivity contribution in [3.8, 4) is 0 Å². The quantitative estimate of drug-likeness (QED) is 0.775. The number of nitrogens with one attached hydrogen (secondary N) is 1. The van der Waals surface area contributed by atoms with Crippen LogP contribution in [0.25, 0.3) is 0 Å². The van der Waals surface area contributed by atoms with Crippen LogP contribution in [0, 0.1) is 5.92 Å². The molecule has 0 unspecified atom stereocenters. The van der Waals surface area contributed by atoms with Gasteiger partial charge in [0.05, 0.1) is 6.54 Å². The maximum absolute atomic E-state index is 4.38. The predicted octanol–water partition coefficient (Wildman–Crippen LogP) is 2.18. The van der Waals surface area contributed by atoms with Gasteiger partial charge in [0, 0.05) is 18.9 Å². The van der Waals surface area contributed by atoms with E-state index in [2.05, 4.69) is 28.0 Å². The summed E-state index contributed by atoms with van der Waals surface area (Å²) in [4.78, 5) is 4.38. The number of aromatic nitrogens is 2. The van der Waals surface area contributed by atoms with Gasteiger partial charge in [0.15, 0.2) is 0 Å². The lowest BCUT2D eigenvalue weighted by atomic mass is 9.85. The van der Waals surface area contributed by atoms with Crippen molar-refractivity contribution in [3.05, 3.63) is 18.2 Å². The van der Waals surface area contributed by atoms with Gasteiger partial charge in [0.2, 0.25) is 0 Å². The van der Waals surface area contributed by atoms with Crippen LogP contribution in [0.3, 0.4) is 0 Å². The Labute approximate surface area is 91.9 Å². The largest absolute Gasteiger partial charge is 0.334 e. The lowest BCUT2D eigenvalue weighted by Gasteiger charge is -2.25. The highest BCUT2D eigenvalue weighted by molar-refractivity contribution is 4.92. The summed E-state index contributed by atoms with van der Waals surface area (Å²) < 4.78 is 2.24. The molecular formula is C12H21N3. The zero-order valence-electron chi connectivity index (χ0n) is 9.58. The maximum Gasteiger partial charge on any atom is 0.122 e. The molecule has 1 aromatic heterocycles. The lowest BCUT2D eigenvalue weighted by molar-refractivity contribution is 0.300. The fourth-order valence-electron chi connectivity index (χ4n) is 2.04. The number of hydrogen-bond donors (Lipinski definition) is 1. The topological polar surface area (TPSA) is 29.9 Å². The second-order valence-corrected chi connectivity index (χ2v) is 4.46. The number of rotatable bonds is 6. The molecule has 2 rings (SSSR count). The molecule has 15 heavy (non-hydrogen) atoms. The van der Waals surface area contributed by atoms with Crippen molar-refractivity contribution in [2.24, 2.45) is 5.92 Å². The predicted molar refractivity (Wildman–Crippen MR) is 61.6 cm³/mol. The molecule has 0 aromatic carbocycles. The summed E-state index contributed by atoms with van der Waals surface area (Å²) in [5, 5.41) is 3.51. The van der Waals surface area contributed by atoms with Crippen molar-refractivity contribution in [1.29, 1.82) is 0 Å². The molecule has 0 radical (unpaired) electrons. The fourth-order valence-corrected chi connectivity index (χ4v) is 2.04. The first-order valence-electron chi connectivity index (χ1n) is 6.11. The van der Waals surface area contributed by atoms with E-state index >= 15 is 0 Å². The molecule has 3 nitrogen and oxygen atoms in total. The molecule has 0 bridgehead atoms. The van der Waals surface area contributed by atoms with E-state index in [4.69, 9.17) is 0 Å². The van der Waals surface area contributed by atoms with Gasteiger partial charge in [0.1, 0.15) is 5.82 Å². The van der Waals surface area contributed by atoms with E-state index < -0.39 is 0 Å². The summed E-state index contributed by atoms with van der Waals surface area (Å²) in [5.74, 6) is 2.11. The van der Waals surface area contributed by atoms with E-state index in [0.717, 1.165) is 19.0 Å². The first-order valence-corrected chi connectivity index (χ1v) is 6.11. The van der Waals surface area contributed by atoms with Gasteiger partial charge in [-0.2, -0.15) is 0 Å². The Morgan fingerprint density at radius 2 is 2.40 bits per heavy atom. The van der Waals surface area contributed by atoms with Crippen LogP contribution >= 0.6 is 0 Å². The molecular weight excluding hydrogens is 186 g/mol. The third-order valence-corrected chi connectivity index (χ3v) is 3.21. The minimum Gasteiger partial charge on any atom is -0.334 e. The number of hydrogen-bond acceptors (Lipinski definition) is 2. The Hall–Kier alpha value is -0.830. The van der Waals surface area contributed by atoms with Gasteiger partial charge in [-0.25, -0.2) is 4.98 Å². The Morgan fingerprint density at radius 1 is 1.53 bits per heavy atom. The molecule has 0 amide bonds. The molecule has 84 valence electrons. The molecule has 1 saturated carbocycles. The van der Waals surface area contributed by atoms with E-state index in [1.54, 1.807) is 0 Å². The van der Waals surface area contributed by atoms with E-state index in [1.165, 1.54) is 38.1 Å². The van der Waals surface area contributed by atoms with Crippen LogP contribution in [0.1, 0.15) is 38.4 Å². The van der Waals surface area contributed by atoms with Crippen molar-refractivity contribution in [3.63, 3.8) is 0 Å². The van der Waals surface area contributed by atoms with Crippen molar-refractivity contribution < 1.29 is 0 Å². The van der Waals surface area contributed by atoms with E-state index in [9.17, 15) is 0 Å². The molecule has 1 fully saturated rings. The van der Waals surface area contributed by atoms with Crippen LogP contribution in [0.2, 0.25) is 0 Å². The van der Waals surface area contributed by atoms with Gasteiger partial charge in [-0.1, -0.05) is 13.3 Å². The molecule has 0 aliphatic heterocycles. The molecule has 0 saturated heterocycles. The zero-order valence-corrected chi connectivity index (χ0v) is 9.58. The van der Waals surface area contributed by atoms with Crippen LogP contribution in [-0.4, -0.2) is 16.1 Å². The molecule has 0 atom stereocenters. The Balaban J connectivity index is 1.73. The smallest absolute Gasteiger partial charge is 0.122 e. The summed E-state index contributed by atoms with van der Waals surface area (Å²) >= 11 is 0. The Morgan fingerprint density at radius 3 is 3.07 bits per heavy atom. The average molecular weight is 207 g/mol. The molecule has 1 aromatic rings. The lowest BCUT2D eigenvalue weighted by Crippen LogP contribution is -2.27. The zero-order chi connectivity index (χ0) is 10.5. The van der Waals surface area contributed by atoms with Crippen LogP contribution in [0.15, 0.2) is 12.4 Å². The minimum atomic E-state index is 0.920. The van der Waals surface area contributed by atoms with Crippen molar-refractivity contribution in [2.45, 2.75) is 45.7 Å². The van der Waals surface area contributed by atoms with Gasteiger partial charge in [-0.05, 0) is 31.7 Å². The van der Waals surface area contributed by atoms with Gasteiger partial charge in [-0.15, -0.1) is 0 Å². The van der Waals surface area contributed by atoms with Gasteiger partial charge < -0.3 is 9.88 Å². The van der Waals surface area contributed by atoms with Crippen LogP contribution < -0.4 is 5.32 Å². The number of imidazole rings is 1. The first kappa shape index (κ1) is 10.7. The van der Waals surface area contributed by atoms with E-state index in [-0.39, 0.29) is 0 Å². The molecule has 0 spiro atoms. The third-order valence-electron chi connectivity index (χ3n) is 3.21. The van der Waals surface area contributed by atoms with Crippen LogP contribution in [0.5, 0.6) is 0 Å². The summed E-state index contributed by atoms with van der Waals surface area (Å²) in [6, 6.07) is 0. The number of nitrogens with zero attached hydrogens (tertiary/aromatic N) is 2. The van der Waals surface area contributed by atoms with Crippen LogP contribution in [-0.2, 0) is 13.1 Å². The third kappa shape index (κ3) is 2.81. The minimum absolute atomic E-state index is 0.920. The standard InChI is InChI=1S/C12H21N3/c1-2-7-15-8-6-14-12(15)10-13-9-11-4-3-5-11/h6,8,11,13H,2-5,7,9-10H2,1H3. The first-order chi connectivity index (χ1) is 7.40. The summed E-state index contributed by atoms with van der Waals surface area (Å²) in [5.41, 5.74) is 0.